The molecule has 0 atom stereocenters. The minimum Gasteiger partial charge on any atom is -0.504 e. The van der Waals surface area contributed by atoms with Crippen LogP contribution in [-0.4, -0.2) is 35.5 Å². The second-order valence-electron chi connectivity index (χ2n) is 5.74. The molecule has 9 heteroatoms. The van der Waals surface area contributed by atoms with E-state index < -0.39 is 0 Å². The fourth-order valence-corrected chi connectivity index (χ4v) is 3.00. The zero-order valence-corrected chi connectivity index (χ0v) is 17.7. The normalized spacial score (nSPS) is 11.1. The highest BCUT2D eigenvalue weighted by Crippen LogP contribution is 2.43. The summed E-state index contributed by atoms with van der Waals surface area (Å²) in [7, 11) is 2.99. The minimum absolute atomic E-state index is 0.0182. The highest BCUT2D eigenvalue weighted by Gasteiger charge is 2.20. The van der Waals surface area contributed by atoms with Gasteiger partial charge in [0.05, 0.1) is 24.9 Å². The molecule has 2 heterocycles. The van der Waals surface area contributed by atoms with E-state index in [1.54, 1.807) is 30.5 Å². The van der Waals surface area contributed by atoms with Crippen molar-refractivity contribution < 1.29 is 19.3 Å². The van der Waals surface area contributed by atoms with Gasteiger partial charge < -0.3 is 24.6 Å². The van der Waals surface area contributed by atoms with Crippen LogP contribution in [0.15, 0.2) is 41.7 Å². The predicted octanol–water partition coefficient (Wildman–Crippen LogP) is 5.48. The van der Waals surface area contributed by atoms with Crippen LogP contribution in [0.3, 0.4) is 0 Å². The summed E-state index contributed by atoms with van der Waals surface area (Å²) in [5.41, 5.74) is 1.58. The number of ether oxygens (including phenoxy) is 3. The van der Waals surface area contributed by atoms with Gasteiger partial charge in [-0.25, -0.2) is 9.98 Å². The summed E-state index contributed by atoms with van der Waals surface area (Å²) < 4.78 is 16.4. The third kappa shape index (κ3) is 4.08. The van der Waals surface area contributed by atoms with Crippen molar-refractivity contribution in [3.63, 3.8) is 0 Å². The fourth-order valence-electron chi connectivity index (χ4n) is 2.74. The molecule has 0 unspecified atom stereocenters. The molecule has 2 aromatic carbocycles. The van der Waals surface area contributed by atoms with Gasteiger partial charge in [0, 0.05) is 17.8 Å². The predicted molar refractivity (Wildman–Crippen MR) is 117 cm³/mol. The highest BCUT2D eigenvalue weighted by atomic mass is 35.5. The second-order valence-corrected chi connectivity index (χ2v) is 6.15. The molecule has 30 heavy (non-hydrogen) atoms. The van der Waals surface area contributed by atoms with E-state index in [1.165, 1.54) is 26.6 Å². The fraction of sp³-hybridized carbons (Fsp3) is 0.190. The Morgan fingerprint density at radius 1 is 1.10 bits per heavy atom. The third-order valence-electron chi connectivity index (χ3n) is 4.06. The van der Waals surface area contributed by atoms with E-state index in [4.69, 9.17) is 25.8 Å². The SMILES string of the molecule is CC.COc1cc2c(cc1O)C=Nc1c(Nc3cccc(Cl)c3OC)ncnc1O2. The number of nitrogens with zero attached hydrogens (tertiary/aromatic N) is 3. The number of nitrogens with one attached hydrogen (secondary N) is 1. The molecular formula is C21H21ClN4O4. The van der Waals surface area contributed by atoms with Gasteiger partial charge in [-0.05, 0) is 18.2 Å². The number of hydrogen-bond donors (Lipinski definition) is 2. The first-order valence-electron chi connectivity index (χ1n) is 9.18. The van der Waals surface area contributed by atoms with E-state index in [1.807, 2.05) is 13.8 Å². The Balaban J connectivity index is 0.00000124. The van der Waals surface area contributed by atoms with Gasteiger partial charge in [-0.15, -0.1) is 0 Å². The molecule has 0 amide bonds. The summed E-state index contributed by atoms with van der Waals surface area (Å²) in [6.45, 7) is 4.00. The number of halogens is 1. The maximum absolute atomic E-state index is 10.00. The topological polar surface area (TPSA) is 98.1 Å². The van der Waals surface area contributed by atoms with Crippen LogP contribution in [0.5, 0.6) is 28.9 Å². The van der Waals surface area contributed by atoms with Crippen molar-refractivity contribution in [1.82, 2.24) is 9.97 Å². The monoisotopic (exact) mass is 428 g/mol. The minimum atomic E-state index is -0.0182. The first kappa shape index (κ1) is 21.2. The largest absolute Gasteiger partial charge is 0.504 e. The molecule has 2 N–H and O–H groups in total. The molecule has 3 aromatic rings. The molecule has 4 rings (SSSR count). The molecule has 1 aliphatic rings. The van der Waals surface area contributed by atoms with Crippen LogP contribution in [0.4, 0.5) is 17.2 Å². The second kappa shape index (κ2) is 9.32. The van der Waals surface area contributed by atoms with Crippen molar-refractivity contribution in [3.05, 3.63) is 47.2 Å². The van der Waals surface area contributed by atoms with Crippen LogP contribution in [-0.2, 0) is 0 Å². The van der Waals surface area contributed by atoms with E-state index >= 15 is 0 Å². The van der Waals surface area contributed by atoms with Crippen molar-refractivity contribution in [2.24, 2.45) is 4.99 Å². The number of hydrogen-bond acceptors (Lipinski definition) is 8. The molecule has 0 radical (unpaired) electrons. The maximum atomic E-state index is 10.00. The number of fused-ring (bicyclic) bond motifs is 2. The number of phenolic OH excluding ortho intramolecular Hbond substituents is 1. The molecule has 0 bridgehead atoms. The number of phenols is 1. The van der Waals surface area contributed by atoms with Crippen molar-refractivity contribution >= 4 is 35.0 Å². The van der Waals surface area contributed by atoms with Gasteiger partial charge in [0.25, 0.3) is 5.88 Å². The molecule has 156 valence electrons. The van der Waals surface area contributed by atoms with E-state index in [9.17, 15) is 5.11 Å². The van der Waals surface area contributed by atoms with Crippen LogP contribution in [0.1, 0.15) is 19.4 Å². The number of rotatable bonds is 4. The lowest BCUT2D eigenvalue weighted by atomic mass is 10.2. The smallest absolute Gasteiger partial charge is 0.250 e. The van der Waals surface area contributed by atoms with Crippen LogP contribution in [0.25, 0.3) is 0 Å². The lowest BCUT2D eigenvalue weighted by molar-refractivity contribution is 0.369. The van der Waals surface area contributed by atoms with Crippen LogP contribution in [0.2, 0.25) is 5.02 Å². The van der Waals surface area contributed by atoms with E-state index in [0.29, 0.717) is 39.3 Å². The molecular weight excluding hydrogens is 408 g/mol. The average Bonchev–Trinajstić information content (AvgIpc) is 2.94. The summed E-state index contributed by atoms with van der Waals surface area (Å²) in [5.74, 6) is 1.85. The molecule has 8 nitrogen and oxygen atoms in total. The zero-order valence-electron chi connectivity index (χ0n) is 16.9. The standard InChI is InChI=1S/C19H15ClN4O4.C2H6/c1-26-15-7-14-10(6-13(15)25)8-21-16-18(22-9-23-19(16)28-14)24-12-5-3-4-11(20)17(12)27-2;1-2/h3-9,25H,1-2H3,(H,22,23,24);1-2H3. The molecule has 1 aromatic heterocycles. The first-order chi connectivity index (χ1) is 14.6. The van der Waals surface area contributed by atoms with Gasteiger partial charge in [0.15, 0.2) is 28.8 Å². The Bertz CT molecular complexity index is 1090. The number of anilines is 2. The van der Waals surface area contributed by atoms with Gasteiger partial charge >= 0.3 is 0 Å². The molecule has 0 saturated carbocycles. The van der Waals surface area contributed by atoms with E-state index in [0.717, 1.165) is 0 Å². The number of para-hydroxylation sites is 1. The zero-order chi connectivity index (χ0) is 21.7. The molecule has 0 fully saturated rings. The summed E-state index contributed by atoms with van der Waals surface area (Å²) in [6, 6.07) is 8.39. The lowest BCUT2D eigenvalue weighted by Gasteiger charge is -2.14. The number of aromatic nitrogens is 2. The van der Waals surface area contributed by atoms with Crippen molar-refractivity contribution in [3.8, 4) is 28.9 Å². The molecule has 1 aliphatic heterocycles. The first-order valence-corrected chi connectivity index (χ1v) is 9.56. The summed E-state index contributed by atoms with van der Waals surface area (Å²) >= 11 is 6.18. The Morgan fingerprint density at radius 2 is 1.90 bits per heavy atom. The van der Waals surface area contributed by atoms with Crippen LogP contribution >= 0.6 is 11.6 Å². The highest BCUT2D eigenvalue weighted by molar-refractivity contribution is 6.32. The van der Waals surface area contributed by atoms with E-state index in [-0.39, 0.29) is 17.4 Å². The van der Waals surface area contributed by atoms with Crippen molar-refractivity contribution in [2.45, 2.75) is 13.8 Å². The Labute approximate surface area is 179 Å². The Kier molecular flexibility index (Phi) is 6.58. The van der Waals surface area contributed by atoms with Crippen molar-refractivity contribution in [2.75, 3.05) is 19.5 Å². The van der Waals surface area contributed by atoms with Crippen LogP contribution < -0.4 is 19.5 Å². The molecule has 0 saturated heterocycles. The van der Waals surface area contributed by atoms with Gasteiger partial charge in [-0.1, -0.05) is 31.5 Å². The quantitative estimate of drug-likeness (QED) is 0.444. The van der Waals surface area contributed by atoms with Crippen molar-refractivity contribution in [1.29, 1.82) is 0 Å². The summed E-state index contributed by atoms with van der Waals surface area (Å²) in [6.07, 6.45) is 2.92. The lowest BCUT2D eigenvalue weighted by Crippen LogP contribution is -1.99. The van der Waals surface area contributed by atoms with Crippen LogP contribution in [0, 0.1) is 0 Å². The number of methoxy groups -OCH3 is 2. The van der Waals surface area contributed by atoms with Gasteiger partial charge in [0.1, 0.15) is 12.1 Å². The molecule has 0 aliphatic carbocycles. The summed E-state index contributed by atoms with van der Waals surface area (Å²) in [4.78, 5) is 12.9. The number of aromatic hydroxyl groups is 1. The Hall–Kier alpha value is -3.52. The van der Waals surface area contributed by atoms with Gasteiger partial charge in [-0.2, -0.15) is 4.98 Å². The average molecular weight is 429 g/mol. The third-order valence-corrected chi connectivity index (χ3v) is 4.36. The Morgan fingerprint density at radius 3 is 2.63 bits per heavy atom. The van der Waals surface area contributed by atoms with Gasteiger partial charge in [-0.3, -0.25) is 0 Å². The number of aliphatic imine (C=N–C) groups is 1. The number of benzene rings is 2. The van der Waals surface area contributed by atoms with Gasteiger partial charge in [0.2, 0.25) is 0 Å². The molecule has 0 spiro atoms. The van der Waals surface area contributed by atoms with E-state index in [2.05, 4.69) is 20.3 Å². The summed E-state index contributed by atoms with van der Waals surface area (Å²) in [5, 5.41) is 13.6. The maximum Gasteiger partial charge on any atom is 0.250 e.